The number of pyridine rings is 1. The average molecular weight is 663 g/mol. The molecule has 0 spiro atoms. The lowest BCUT2D eigenvalue weighted by molar-refractivity contribution is 0.0173. The molecule has 5 atom stereocenters. The highest BCUT2D eigenvalue weighted by Gasteiger charge is 2.44. The van der Waals surface area contributed by atoms with E-state index >= 15 is 4.39 Å². The summed E-state index contributed by atoms with van der Waals surface area (Å²) in [6.07, 6.45) is 3.35. The number of aromatic nitrogens is 1. The molecule has 1 aromatic carbocycles. The predicted octanol–water partition coefficient (Wildman–Crippen LogP) is 6.69. The molecule has 3 saturated heterocycles. The zero-order valence-electron chi connectivity index (χ0n) is 28.3. The SMILES string of the molecule is CC1CO[C@@H]2C(O)CO[C@H]12.CCC.CCC(C)=Nc1nc(NC2CCc3cc(OCCN4CCOCC4)cc(F)c32)c(Cl)cc1C. The zero-order valence-corrected chi connectivity index (χ0v) is 29.0. The van der Waals surface area contributed by atoms with Crippen molar-refractivity contribution in [2.45, 2.75) is 91.6 Å². The number of halogens is 2. The smallest absolute Gasteiger partial charge is 0.157 e. The van der Waals surface area contributed by atoms with E-state index < -0.39 is 6.10 Å². The molecule has 3 fully saturated rings. The van der Waals surface area contributed by atoms with E-state index in [1.165, 1.54) is 12.5 Å². The van der Waals surface area contributed by atoms with Crippen molar-refractivity contribution >= 4 is 28.9 Å². The number of rotatable bonds is 8. The van der Waals surface area contributed by atoms with E-state index in [9.17, 15) is 5.11 Å². The summed E-state index contributed by atoms with van der Waals surface area (Å²) in [7, 11) is 0. The number of aliphatic hydroxyl groups is 1. The highest BCUT2D eigenvalue weighted by atomic mass is 35.5. The standard InChI is InChI=1S/C25H32ClFN4O2.C7H12O3.C3H8/c1-4-17(3)28-24-16(2)13-20(26)25(30-24)29-22-6-5-18-14-19(15-21(27)23(18)22)33-12-9-31-7-10-32-11-8-31;1-4-2-9-7-5(8)3-10-6(4)7;1-3-2/h13-15,22H,4-12H2,1-3H3,(H,29,30);4-8H,2-3H2,1H3;3H2,1-2H3/t;4?,5?,6-,7-;/m.1./s1. The minimum atomic E-state index is -0.394. The summed E-state index contributed by atoms with van der Waals surface area (Å²) in [6.45, 7) is 18.2. The second-order valence-corrected chi connectivity index (χ2v) is 12.9. The van der Waals surface area contributed by atoms with Gasteiger partial charge in [0.1, 0.15) is 36.2 Å². The molecule has 3 unspecified atom stereocenters. The third-order valence-corrected chi connectivity index (χ3v) is 8.84. The molecule has 256 valence electrons. The summed E-state index contributed by atoms with van der Waals surface area (Å²) in [5.74, 6) is 1.95. The van der Waals surface area contributed by atoms with Gasteiger partial charge in [-0.15, -0.1) is 0 Å². The lowest BCUT2D eigenvalue weighted by atomic mass is 10.0. The quantitative estimate of drug-likeness (QED) is 0.302. The Balaban J connectivity index is 0.000000306. The van der Waals surface area contributed by atoms with Crippen LogP contribution in [0.4, 0.5) is 16.0 Å². The number of aliphatic imine (C=N–C) groups is 1. The number of aryl methyl sites for hydroxylation is 2. The molecular weight excluding hydrogens is 611 g/mol. The van der Waals surface area contributed by atoms with Crippen LogP contribution in [0.25, 0.3) is 0 Å². The normalized spacial score (nSPS) is 25.6. The first-order chi connectivity index (χ1) is 22.1. The maximum atomic E-state index is 15.1. The Hall–Kier alpha value is -2.34. The van der Waals surface area contributed by atoms with Crippen molar-refractivity contribution in [2.24, 2.45) is 10.9 Å². The van der Waals surface area contributed by atoms with Gasteiger partial charge in [-0.1, -0.05) is 45.7 Å². The summed E-state index contributed by atoms with van der Waals surface area (Å²) in [5, 5.41) is 13.1. The Kier molecular flexibility index (Phi) is 14.0. The molecular formula is C35H52ClFN4O5. The van der Waals surface area contributed by atoms with E-state index in [-0.39, 0.29) is 24.1 Å². The molecule has 46 heavy (non-hydrogen) atoms. The monoisotopic (exact) mass is 662 g/mol. The average Bonchev–Trinajstić information content (AvgIpc) is 3.73. The van der Waals surface area contributed by atoms with Crippen LogP contribution in [0.3, 0.4) is 0 Å². The number of ether oxygens (including phenoxy) is 4. The Bertz CT molecular complexity index is 1290. The number of nitrogens with zero attached hydrogens (tertiary/aromatic N) is 3. The molecule has 2 aromatic rings. The fraction of sp³-hybridized carbons (Fsp3) is 0.657. The Morgan fingerprint density at radius 3 is 2.57 bits per heavy atom. The molecule has 3 aliphatic heterocycles. The van der Waals surface area contributed by atoms with Gasteiger partial charge in [0.25, 0.3) is 0 Å². The molecule has 2 N–H and O–H groups in total. The summed E-state index contributed by atoms with van der Waals surface area (Å²) in [4.78, 5) is 11.5. The third-order valence-electron chi connectivity index (χ3n) is 8.55. The fourth-order valence-electron chi connectivity index (χ4n) is 5.91. The van der Waals surface area contributed by atoms with E-state index in [0.29, 0.717) is 47.1 Å². The molecule has 1 aliphatic carbocycles. The molecule has 9 nitrogen and oxygen atoms in total. The fourth-order valence-corrected chi connectivity index (χ4v) is 6.17. The molecule has 0 saturated carbocycles. The van der Waals surface area contributed by atoms with E-state index in [4.69, 9.17) is 30.5 Å². The molecule has 4 aliphatic rings. The Morgan fingerprint density at radius 1 is 1.15 bits per heavy atom. The maximum Gasteiger partial charge on any atom is 0.157 e. The first-order valence-electron chi connectivity index (χ1n) is 16.8. The number of fused-ring (bicyclic) bond motifs is 2. The van der Waals surface area contributed by atoms with Crippen LogP contribution in [0.15, 0.2) is 23.2 Å². The van der Waals surface area contributed by atoms with Crippen molar-refractivity contribution in [3.05, 3.63) is 45.7 Å². The predicted molar refractivity (Wildman–Crippen MR) is 181 cm³/mol. The first-order valence-corrected chi connectivity index (χ1v) is 17.2. The minimum absolute atomic E-state index is 0.0463. The Morgan fingerprint density at radius 2 is 1.87 bits per heavy atom. The Labute approximate surface area is 278 Å². The van der Waals surface area contributed by atoms with Crippen molar-refractivity contribution in [1.29, 1.82) is 0 Å². The topological polar surface area (TPSA) is 97.7 Å². The number of benzene rings is 1. The van der Waals surface area contributed by atoms with Crippen LogP contribution >= 0.6 is 11.6 Å². The van der Waals surface area contributed by atoms with Crippen LogP contribution in [0.1, 0.15) is 76.6 Å². The van der Waals surface area contributed by atoms with Gasteiger partial charge in [0, 0.05) is 42.9 Å². The van der Waals surface area contributed by atoms with Gasteiger partial charge >= 0.3 is 0 Å². The molecule has 4 heterocycles. The van der Waals surface area contributed by atoms with Gasteiger partial charge in [0.2, 0.25) is 0 Å². The van der Waals surface area contributed by atoms with Gasteiger partial charge < -0.3 is 29.4 Å². The van der Waals surface area contributed by atoms with Gasteiger partial charge in [-0.25, -0.2) is 14.4 Å². The van der Waals surface area contributed by atoms with E-state index in [0.717, 1.165) is 75.6 Å². The second-order valence-electron chi connectivity index (χ2n) is 12.5. The van der Waals surface area contributed by atoms with Crippen molar-refractivity contribution < 1.29 is 28.4 Å². The van der Waals surface area contributed by atoms with Crippen molar-refractivity contribution in [1.82, 2.24) is 9.88 Å². The zero-order chi connectivity index (χ0) is 33.2. The molecule has 11 heteroatoms. The van der Waals surface area contributed by atoms with Crippen LogP contribution in [0, 0.1) is 18.7 Å². The highest BCUT2D eigenvalue weighted by Crippen LogP contribution is 2.39. The van der Waals surface area contributed by atoms with Crippen molar-refractivity contribution in [3.8, 4) is 5.75 Å². The van der Waals surface area contributed by atoms with E-state index in [2.05, 4.69) is 47.9 Å². The molecule has 0 radical (unpaired) electrons. The van der Waals surface area contributed by atoms with Crippen LogP contribution in [-0.2, 0) is 20.6 Å². The highest BCUT2D eigenvalue weighted by molar-refractivity contribution is 6.33. The maximum absolute atomic E-state index is 15.1. The number of nitrogens with one attached hydrogen (secondary N) is 1. The number of aliphatic hydroxyl groups excluding tert-OH is 1. The summed E-state index contributed by atoms with van der Waals surface area (Å²) in [6, 6.07) is 5.11. The van der Waals surface area contributed by atoms with Gasteiger partial charge in [-0.2, -0.15) is 0 Å². The number of anilines is 1. The van der Waals surface area contributed by atoms with Crippen LogP contribution in [0.2, 0.25) is 5.02 Å². The molecule has 6 rings (SSSR count). The molecule has 1 aromatic heterocycles. The summed E-state index contributed by atoms with van der Waals surface area (Å²) >= 11 is 6.46. The van der Waals surface area contributed by atoms with Gasteiger partial charge in [-0.05, 0) is 56.4 Å². The van der Waals surface area contributed by atoms with Crippen molar-refractivity contribution in [2.75, 3.05) is 58.0 Å². The molecule has 0 bridgehead atoms. The number of hydrogen-bond acceptors (Lipinski definition) is 9. The van der Waals surface area contributed by atoms with Crippen LogP contribution in [0.5, 0.6) is 5.75 Å². The summed E-state index contributed by atoms with van der Waals surface area (Å²) in [5.41, 5.74) is 3.55. The lowest BCUT2D eigenvalue weighted by Gasteiger charge is -2.26. The lowest BCUT2D eigenvalue weighted by Crippen LogP contribution is -2.38. The van der Waals surface area contributed by atoms with Gasteiger partial charge in [0.15, 0.2) is 5.82 Å². The van der Waals surface area contributed by atoms with Crippen LogP contribution in [-0.4, -0.2) is 91.7 Å². The van der Waals surface area contributed by atoms with Crippen molar-refractivity contribution in [3.63, 3.8) is 0 Å². The minimum Gasteiger partial charge on any atom is -0.492 e. The van der Waals surface area contributed by atoms with Gasteiger partial charge in [0.05, 0.1) is 43.6 Å². The molecule has 0 amide bonds. The number of hydrogen-bond donors (Lipinski definition) is 2. The van der Waals surface area contributed by atoms with Crippen LogP contribution < -0.4 is 10.1 Å². The number of morpholine rings is 1. The second kappa shape index (κ2) is 17.7. The largest absolute Gasteiger partial charge is 0.492 e. The third kappa shape index (κ3) is 9.61. The summed E-state index contributed by atoms with van der Waals surface area (Å²) < 4.78 is 37.0. The van der Waals surface area contributed by atoms with E-state index in [1.807, 2.05) is 26.0 Å². The van der Waals surface area contributed by atoms with Gasteiger partial charge in [-0.3, -0.25) is 4.90 Å². The first kappa shape index (κ1) is 36.5. The van der Waals surface area contributed by atoms with E-state index in [1.54, 1.807) is 0 Å².